The Balaban J connectivity index is 2.11. The van der Waals surface area contributed by atoms with Crippen molar-refractivity contribution in [1.82, 2.24) is 8.61 Å². The van der Waals surface area contributed by atoms with E-state index in [4.69, 9.17) is 0 Å². The molecule has 2 aliphatic rings. The van der Waals surface area contributed by atoms with E-state index in [0.717, 1.165) is 31.4 Å². The number of aliphatic hydroxyl groups excluding tert-OH is 1. The Morgan fingerprint density at radius 2 is 2.11 bits per heavy atom. The molecule has 2 aliphatic heterocycles. The molecule has 1 N–H and O–H groups in total. The zero-order chi connectivity index (χ0) is 13.9. The van der Waals surface area contributed by atoms with Crippen LogP contribution in [0.4, 0.5) is 0 Å². The standard InChI is InChI=1S/C12H24N2O3S2/c1-2-12-9-13(7-8-18-12)19(16,17)14-6-4-3-5-11(14)10-15/h11-12,15H,2-10H2,1H3. The molecule has 5 nitrogen and oxygen atoms in total. The summed E-state index contributed by atoms with van der Waals surface area (Å²) >= 11 is 1.86. The molecule has 112 valence electrons. The van der Waals surface area contributed by atoms with Crippen LogP contribution in [0, 0.1) is 0 Å². The molecular formula is C12H24N2O3S2. The van der Waals surface area contributed by atoms with Crippen molar-refractivity contribution in [2.24, 2.45) is 0 Å². The van der Waals surface area contributed by atoms with Gasteiger partial charge in [-0.25, -0.2) is 0 Å². The van der Waals surface area contributed by atoms with Crippen LogP contribution in [0.1, 0.15) is 32.6 Å². The first kappa shape index (κ1) is 15.6. The normalized spacial score (nSPS) is 31.5. The van der Waals surface area contributed by atoms with Crippen molar-refractivity contribution in [3.63, 3.8) is 0 Å². The smallest absolute Gasteiger partial charge is 0.282 e. The van der Waals surface area contributed by atoms with Crippen LogP contribution < -0.4 is 0 Å². The summed E-state index contributed by atoms with van der Waals surface area (Å²) in [6.45, 7) is 3.79. The number of hydrogen-bond donors (Lipinski definition) is 1. The second-order valence-corrected chi connectivity index (χ2v) is 8.50. The maximum Gasteiger partial charge on any atom is 0.282 e. The van der Waals surface area contributed by atoms with Crippen molar-refractivity contribution >= 4 is 22.0 Å². The third kappa shape index (κ3) is 3.44. The van der Waals surface area contributed by atoms with Crippen LogP contribution in [0.25, 0.3) is 0 Å². The van der Waals surface area contributed by atoms with Crippen molar-refractivity contribution in [1.29, 1.82) is 0 Å². The molecule has 0 aromatic rings. The van der Waals surface area contributed by atoms with Gasteiger partial charge in [-0.2, -0.15) is 28.8 Å². The summed E-state index contributed by atoms with van der Waals surface area (Å²) in [4.78, 5) is 0. The minimum Gasteiger partial charge on any atom is -0.395 e. The molecule has 2 atom stereocenters. The summed E-state index contributed by atoms with van der Waals surface area (Å²) in [6, 6.07) is -0.228. The Hall–Kier alpha value is 0.180. The van der Waals surface area contributed by atoms with Gasteiger partial charge in [0.15, 0.2) is 0 Å². The van der Waals surface area contributed by atoms with Gasteiger partial charge < -0.3 is 5.11 Å². The van der Waals surface area contributed by atoms with Gasteiger partial charge in [0, 0.05) is 36.7 Å². The highest BCUT2D eigenvalue weighted by Crippen LogP contribution is 2.27. The van der Waals surface area contributed by atoms with Crippen LogP contribution >= 0.6 is 11.8 Å². The third-order valence-electron chi connectivity index (χ3n) is 3.96. The van der Waals surface area contributed by atoms with Crippen molar-refractivity contribution in [2.75, 3.05) is 32.0 Å². The van der Waals surface area contributed by atoms with E-state index in [2.05, 4.69) is 6.92 Å². The summed E-state index contributed by atoms with van der Waals surface area (Å²) in [6.07, 6.45) is 3.68. The molecule has 7 heteroatoms. The lowest BCUT2D eigenvalue weighted by atomic mass is 10.1. The number of piperidine rings is 1. The van der Waals surface area contributed by atoms with Gasteiger partial charge in [-0.15, -0.1) is 0 Å². The molecule has 0 aromatic heterocycles. The zero-order valence-electron chi connectivity index (χ0n) is 11.5. The largest absolute Gasteiger partial charge is 0.395 e. The van der Waals surface area contributed by atoms with E-state index in [0.29, 0.717) is 24.9 Å². The highest BCUT2D eigenvalue weighted by Gasteiger charge is 2.38. The van der Waals surface area contributed by atoms with E-state index in [1.807, 2.05) is 11.8 Å². The average Bonchev–Trinajstić information content (AvgIpc) is 2.47. The topological polar surface area (TPSA) is 60.9 Å². The van der Waals surface area contributed by atoms with Crippen molar-refractivity contribution in [2.45, 2.75) is 43.9 Å². The molecule has 0 bridgehead atoms. The Morgan fingerprint density at radius 3 is 2.79 bits per heavy atom. The maximum atomic E-state index is 12.7. The van der Waals surface area contributed by atoms with Gasteiger partial charge >= 0.3 is 0 Å². The molecule has 0 aromatic carbocycles. The minimum atomic E-state index is -3.40. The fraction of sp³-hybridized carbons (Fsp3) is 1.00. The molecule has 2 rings (SSSR count). The van der Waals surface area contributed by atoms with Gasteiger partial charge in [-0.1, -0.05) is 13.3 Å². The van der Waals surface area contributed by atoms with E-state index in [1.54, 1.807) is 4.31 Å². The number of hydrogen-bond acceptors (Lipinski definition) is 4. The van der Waals surface area contributed by atoms with Gasteiger partial charge in [0.25, 0.3) is 10.2 Å². The van der Waals surface area contributed by atoms with Crippen LogP contribution in [0.3, 0.4) is 0 Å². The van der Waals surface area contributed by atoms with Gasteiger partial charge in [-0.05, 0) is 19.3 Å². The lowest BCUT2D eigenvalue weighted by molar-refractivity contribution is 0.147. The molecule has 2 fully saturated rings. The molecule has 0 amide bonds. The summed E-state index contributed by atoms with van der Waals surface area (Å²) in [5.41, 5.74) is 0. The van der Waals surface area contributed by atoms with Gasteiger partial charge in [0.2, 0.25) is 0 Å². The van der Waals surface area contributed by atoms with E-state index in [-0.39, 0.29) is 12.6 Å². The second kappa shape index (κ2) is 6.76. The monoisotopic (exact) mass is 308 g/mol. The average molecular weight is 308 g/mol. The van der Waals surface area contributed by atoms with E-state index >= 15 is 0 Å². The number of thioether (sulfide) groups is 1. The maximum absolute atomic E-state index is 12.7. The molecule has 0 radical (unpaired) electrons. The Kier molecular flexibility index (Phi) is 5.54. The molecule has 0 aliphatic carbocycles. The van der Waals surface area contributed by atoms with Crippen LogP contribution in [0.15, 0.2) is 0 Å². The second-order valence-electron chi connectivity index (χ2n) is 5.21. The first-order valence-electron chi connectivity index (χ1n) is 7.09. The lowest BCUT2D eigenvalue weighted by Gasteiger charge is -2.39. The SMILES string of the molecule is CCC1CN(S(=O)(=O)N2CCCCC2CO)CCS1. The first-order valence-corrected chi connectivity index (χ1v) is 9.53. The Bertz CT molecular complexity index is 388. The predicted molar refractivity (Wildman–Crippen MR) is 78.5 cm³/mol. The Labute approximate surface area is 120 Å². The molecule has 19 heavy (non-hydrogen) atoms. The zero-order valence-corrected chi connectivity index (χ0v) is 13.1. The van der Waals surface area contributed by atoms with E-state index in [9.17, 15) is 13.5 Å². The lowest BCUT2D eigenvalue weighted by Crippen LogP contribution is -2.54. The third-order valence-corrected chi connectivity index (χ3v) is 7.39. The molecule has 2 unspecified atom stereocenters. The predicted octanol–water partition coefficient (Wildman–Crippen LogP) is 0.905. The molecule has 0 spiro atoms. The first-order chi connectivity index (χ1) is 9.09. The van der Waals surface area contributed by atoms with Crippen molar-refractivity contribution in [3.05, 3.63) is 0 Å². The molecule has 2 heterocycles. The minimum absolute atomic E-state index is 0.0704. The quantitative estimate of drug-likeness (QED) is 0.838. The van der Waals surface area contributed by atoms with E-state index < -0.39 is 10.2 Å². The van der Waals surface area contributed by atoms with Gasteiger partial charge in [0.05, 0.1) is 6.61 Å². The number of nitrogens with zero attached hydrogens (tertiary/aromatic N) is 2. The summed E-state index contributed by atoms with van der Waals surface area (Å²) in [5, 5.41) is 9.80. The number of aliphatic hydroxyl groups is 1. The number of rotatable bonds is 4. The molecular weight excluding hydrogens is 284 g/mol. The summed E-state index contributed by atoms with van der Waals surface area (Å²) in [7, 11) is -3.40. The van der Waals surface area contributed by atoms with E-state index in [1.165, 1.54) is 4.31 Å². The van der Waals surface area contributed by atoms with Crippen LogP contribution in [0.2, 0.25) is 0 Å². The highest BCUT2D eigenvalue weighted by molar-refractivity contribution is 8.00. The fourth-order valence-electron chi connectivity index (χ4n) is 2.76. The van der Waals surface area contributed by atoms with Gasteiger partial charge in [-0.3, -0.25) is 0 Å². The summed E-state index contributed by atoms with van der Waals surface area (Å²) < 4.78 is 28.5. The highest BCUT2D eigenvalue weighted by atomic mass is 32.2. The van der Waals surface area contributed by atoms with Crippen LogP contribution in [-0.4, -0.2) is 65.4 Å². The van der Waals surface area contributed by atoms with Crippen molar-refractivity contribution < 1.29 is 13.5 Å². The van der Waals surface area contributed by atoms with Crippen molar-refractivity contribution in [3.8, 4) is 0 Å². The summed E-state index contributed by atoms with van der Waals surface area (Å²) in [5.74, 6) is 0.870. The van der Waals surface area contributed by atoms with Gasteiger partial charge in [0.1, 0.15) is 0 Å². The van der Waals surface area contributed by atoms with Crippen LogP contribution in [-0.2, 0) is 10.2 Å². The molecule has 2 saturated heterocycles. The fourth-order valence-corrected chi connectivity index (χ4v) is 6.04. The molecule has 0 saturated carbocycles. The Morgan fingerprint density at radius 1 is 1.32 bits per heavy atom. The van der Waals surface area contributed by atoms with Crippen LogP contribution in [0.5, 0.6) is 0 Å².